The van der Waals surface area contributed by atoms with E-state index in [2.05, 4.69) is 62.6 Å². The highest BCUT2D eigenvalue weighted by Crippen LogP contribution is 2.25. The Balaban J connectivity index is 2.30. The van der Waals surface area contributed by atoms with Crippen LogP contribution in [0.25, 0.3) is 0 Å². The van der Waals surface area contributed by atoms with Gasteiger partial charge in [0.1, 0.15) is 5.82 Å². The second kappa shape index (κ2) is 5.32. The van der Waals surface area contributed by atoms with Gasteiger partial charge in [-0.05, 0) is 53.0 Å². The first-order chi connectivity index (χ1) is 8.60. The summed E-state index contributed by atoms with van der Waals surface area (Å²) in [6.45, 7) is 4.15. The number of aryl methyl sites for hydroxylation is 2. The molecule has 2 aromatic rings. The van der Waals surface area contributed by atoms with Gasteiger partial charge in [0.05, 0.1) is 4.47 Å². The normalized spacial score (nSPS) is 10.2. The van der Waals surface area contributed by atoms with Crippen molar-refractivity contribution in [3.05, 3.63) is 40.0 Å². The number of benzene rings is 1. The molecule has 0 amide bonds. The van der Waals surface area contributed by atoms with Crippen molar-refractivity contribution in [3.63, 3.8) is 0 Å². The Morgan fingerprint density at radius 2 is 2.00 bits per heavy atom. The molecule has 2 rings (SSSR count). The van der Waals surface area contributed by atoms with E-state index < -0.39 is 0 Å². The van der Waals surface area contributed by atoms with Gasteiger partial charge in [0, 0.05) is 11.9 Å². The largest absolute Gasteiger partial charge is 0.339 e. The molecule has 0 aliphatic heterocycles. The minimum absolute atomic E-state index is 0.365. The van der Waals surface area contributed by atoms with Crippen LogP contribution >= 0.6 is 15.9 Å². The number of nitrogens with one attached hydrogen (secondary N) is 2. The topological polar surface area (TPSA) is 75.9 Å². The molecule has 0 saturated heterocycles. The third-order valence-electron chi connectivity index (χ3n) is 2.64. The van der Waals surface area contributed by atoms with E-state index in [1.807, 2.05) is 6.07 Å². The lowest BCUT2D eigenvalue weighted by molar-refractivity contribution is 1.11. The monoisotopic (exact) mass is 307 g/mol. The van der Waals surface area contributed by atoms with Crippen LogP contribution in [0.15, 0.2) is 28.9 Å². The highest BCUT2D eigenvalue weighted by atomic mass is 79.9. The fraction of sp³-hybridized carbons (Fsp3) is 0.167. The van der Waals surface area contributed by atoms with E-state index in [-0.39, 0.29) is 0 Å². The summed E-state index contributed by atoms with van der Waals surface area (Å²) in [5.41, 5.74) is 5.87. The standard InChI is InChI=1S/C12H14BrN5/c1-7-3-4-9(5-8(7)2)16-11-10(13)6-15-12(17-11)18-14/h3-6H,14H2,1-2H3,(H2,15,16,17,18). The first kappa shape index (κ1) is 12.8. The van der Waals surface area contributed by atoms with E-state index in [1.54, 1.807) is 6.20 Å². The van der Waals surface area contributed by atoms with Gasteiger partial charge in [-0.25, -0.2) is 10.8 Å². The Hall–Kier alpha value is -1.66. The van der Waals surface area contributed by atoms with Crippen LogP contribution in [0.2, 0.25) is 0 Å². The average molecular weight is 308 g/mol. The van der Waals surface area contributed by atoms with Crippen molar-refractivity contribution in [2.75, 3.05) is 10.7 Å². The molecule has 18 heavy (non-hydrogen) atoms. The Kier molecular flexibility index (Phi) is 3.78. The number of aromatic nitrogens is 2. The molecule has 1 aromatic carbocycles. The van der Waals surface area contributed by atoms with Crippen molar-refractivity contribution in [1.29, 1.82) is 0 Å². The van der Waals surface area contributed by atoms with Gasteiger partial charge in [0.25, 0.3) is 0 Å². The number of nitrogens with two attached hydrogens (primary N) is 1. The maximum atomic E-state index is 5.29. The van der Waals surface area contributed by atoms with Crippen molar-refractivity contribution in [2.24, 2.45) is 5.84 Å². The zero-order chi connectivity index (χ0) is 13.1. The second-order valence-corrected chi connectivity index (χ2v) is 4.81. The van der Waals surface area contributed by atoms with Crippen molar-refractivity contribution in [3.8, 4) is 0 Å². The minimum Gasteiger partial charge on any atom is -0.339 e. The first-order valence-corrected chi connectivity index (χ1v) is 6.23. The van der Waals surface area contributed by atoms with Crippen LogP contribution < -0.4 is 16.6 Å². The lowest BCUT2D eigenvalue weighted by Crippen LogP contribution is -2.11. The van der Waals surface area contributed by atoms with Gasteiger partial charge in [0.15, 0.2) is 0 Å². The molecular weight excluding hydrogens is 294 g/mol. The van der Waals surface area contributed by atoms with E-state index in [4.69, 9.17) is 5.84 Å². The Bertz CT molecular complexity index is 570. The van der Waals surface area contributed by atoms with Crippen molar-refractivity contribution < 1.29 is 0 Å². The van der Waals surface area contributed by atoms with Gasteiger partial charge < -0.3 is 5.32 Å². The zero-order valence-electron chi connectivity index (χ0n) is 10.2. The number of nitrogen functional groups attached to an aromatic ring is 1. The molecule has 6 heteroatoms. The molecule has 4 N–H and O–H groups in total. The van der Waals surface area contributed by atoms with Gasteiger partial charge >= 0.3 is 0 Å². The molecule has 1 aromatic heterocycles. The predicted molar refractivity (Wildman–Crippen MR) is 76.7 cm³/mol. The molecule has 0 aliphatic rings. The summed E-state index contributed by atoms with van der Waals surface area (Å²) < 4.78 is 0.778. The van der Waals surface area contributed by atoms with Crippen molar-refractivity contribution in [1.82, 2.24) is 9.97 Å². The lowest BCUT2D eigenvalue weighted by Gasteiger charge is -2.10. The van der Waals surface area contributed by atoms with Crippen LogP contribution in [-0.2, 0) is 0 Å². The molecule has 0 fully saturated rings. The highest BCUT2D eigenvalue weighted by molar-refractivity contribution is 9.10. The lowest BCUT2D eigenvalue weighted by atomic mass is 10.1. The zero-order valence-corrected chi connectivity index (χ0v) is 11.7. The Morgan fingerprint density at radius 3 is 2.67 bits per heavy atom. The van der Waals surface area contributed by atoms with Crippen LogP contribution in [0.4, 0.5) is 17.5 Å². The van der Waals surface area contributed by atoms with Crippen molar-refractivity contribution >= 4 is 33.4 Å². The van der Waals surface area contributed by atoms with Crippen LogP contribution in [0.1, 0.15) is 11.1 Å². The smallest absolute Gasteiger partial charge is 0.239 e. The summed E-state index contributed by atoms with van der Waals surface area (Å²) in [7, 11) is 0. The fourth-order valence-corrected chi connectivity index (χ4v) is 1.77. The van der Waals surface area contributed by atoms with Crippen molar-refractivity contribution in [2.45, 2.75) is 13.8 Å². The third-order valence-corrected chi connectivity index (χ3v) is 3.22. The molecule has 1 heterocycles. The molecule has 0 unspecified atom stereocenters. The maximum Gasteiger partial charge on any atom is 0.239 e. The quantitative estimate of drug-likeness (QED) is 0.600. The second-order valence-electron chi connectivity index (χ2n) is 3.96. The summed E-state index contributed by atoms with van der Waals surface area (Å²) in [6.07, 6.45) is 1.64. The minimum atomic E-state index is 0.365. The van der Waals surface area contributed by atoms with Crippen LogP contribution in [0, 0.1) is 13.8 Å². The summed E-state index contributed by atoms with van der Waals surface area (Å²) in [5, 5.41) is 3.22. The number of hydrogen-bond donors (Lipinski definition) is 3. The SMILES string of the molecule is Cc1ccc(Nc2nc(NN)ncc2Br)cc1C. The summed E-state index contributed by atoms with van der Waals surface area (Å²) in [4.78, 5) is 8.23. The molecule has 94 valence electrons. The van der Waals surface area contributed by atoms with Gasteiger partial charge in [0.2, 0.25) is 5.95 Å². The van der Waals surface area contributed by atoms with E-state index in [9.17, 15) is 0 Å². The first-order valence-electron chi connectivity index (χ1n) is 5.43. The summed E-state index contributed by atoms with van der Waals surface area (Å²) in [6, 6.07) is 6.14. The number of anilines is 3. The number of halogens is 1. The molecule has 0 aliphatic carbocycles. The molecular formula is C12H14BrN5. The predicted octanol–water partition coefficient (Wildman–Crippen LogP) is 2.89. The van der Waals surface area contributed by atoms with E-state index >= 15 is 0 Å². The average Bonchev–Trinajstić information content (AvgIpc) is 2.36. The molecule has 0 atom stereocenters. The summed E-state index contributed by atoms with van der Waals surface area (Å²) >= 11 is 3.39. The van der Waals surface area contributed by atoms with Crippen LogP contribution in [0.3, 0.4) is 0 Å². The number of hydrazine groups is 1. The van der Waals surface area contributed by atoms with E-state index in [0.717, 1.165) is 10.2 Å². The fourth-order valence-electron chi connectivity index (χ4n) is 1.48. The molecule has 5 nitrogen and oxygen atoms in total. The number of rotatable bonds is 3. The molecule has 0 bridgehead atoms. The molecule has 0 saturated carbocycles. The maximum absolute atomic E-state index is 5.29. The summed E-state index contributed by atoms with van der Waals surface area (Å²) in [5.74, 6) is 6.32. The van der Waals surface area contributed by atoms with Gasteiger partial charge in [-0.15, -0.1) is 0 Å². The van der Waals surface area contributed by atoms with E-state index in [0.29, 0.717) is 11.8 Å². The Labute approximate surface area is 114 Å². The number of hydrogen-bond acceptors (Lipinski definition) is 5. The Morgan fingerprint density at radius 1 is 1.22 bits per heavy atom. The molecule has 0 radical (unpaired) electrons. The van der Waals surface area contributed by atoms with Gasteiger partial charge in [-0.3, -0.25) is 5.43 Å². The number of nitrogens with zero attached hydrogens (tertiary/aromatic N) is 2. The van der Waals surface area contributed by atoms with Crippen LogP contribution in [0.5, 0.6) is 0 Å². The third kappa shape index (κ3) is 2.77. The van der Waals surface area contributed by atoms with E-state index in [1.165, 1.54) is 11.1 Å². The molecule has 0 spiro atoms. The highest BCUT2D eigenvalue weighted by Gasteiger charge is 2.05. The van der Waals surface area contributed by atoms with Gasteiger partial charge in [-0.2, -0.15) is 4.98 Å². The van der Waals surface area contributed by atoms with Gasteiger partial charge in [-0.1, -0.05) is 6.07 Å². The van der Waals surface area contributed by atoms with Crippen LogP contribution in [-0.4, -0.2) is 9.97 Å².